The van der Waals surface area contributed by atoms with Gasteiger partial charge in [0.2, 0.25) is 5.91 Å². The van der Waals surface area contributed by atoms with E-state index in [0.29, 0.717) is 22.5 Å². The molecule has 1 aromatic heterocycles. The van der Waals surface area contributed by atoms with Gasteiger partial charge in [-0.1, -0.05) is 6.07 Å². The van der Waals surface area contributed by atoms with Crippen molar-refractivity contribution in [2.75, 3.05) is 11.9 Å². The quantitative estimate of drug-likeness (QED) is 0.454. The number of fused-ring (bicyclic) bond motifs is 1. The highest BCUT2D eigenvalue weighted by atomic mass is 16.5. The molecule has 0 aliphatic carbocycles. The van der Waals surface area contributed by atoms with Gasteiger partial charge in [-0.15, -0.1) is 0 Å². The Kier molecular flexibility index (Phi) is 6.13. The molecule has 0 radical (unpaired) electrons. The summed E-state index contributed by atoms with van der Waals surface area (Å²) in [5.74, 6) is 0.906. The summed E-state index contributed by atoms with van der Waals surface area (Å²) < 4.78 is 5.93. The number of phenolic OH excluding ortho intramolecular Hbond substituents is 1. The second-order valence-corrected chi connectivity index (χ2v) is 6.90. The smallest absolute Gasteiger partial charge is 0.248 e. The minimum Gasteiger partial charge on any atom is -0.508 e. The average Bonchev–Trinajstić information content (AvgIpc) is 2.69. The van der Waals surface area contributed by atoms with Gasteiger partial charge in [-0.2, -0.15) is 0 Å². The summed E-state index contributed by atoms with van der Waals surface area (Å²) in [4.78, 5) is 20.3. The number of aromatic hydroxyl groups is 1. The van der Waals surface area contributed by atoms with Crippen LogP contribution < -0.4 is 15.4 Å². The van der Waals surface area contributed by atoms with Crippen molar-refractivity contribution in [3.8, 4) is 11.5 Å². The molecule has 4 N–H and O–H groups in total. The van der Waals surface area contributed by atoms with Crippen LogP contribution >= 0.6 is 0 Å². The third-order valence-electron chi connectivity index (χ3n) is 4.34. The molecule has 8 nitrogen and oxygen atoms in total. The van der Waals surface area contributed by atoms with Gasteiger partial charge in [-0.3, -0.25) is 4.79 Å². The summed E-state index contributed by atoms with van der Waals surface area (Å²) >= 11 is 0. The summed E-state index contributed by atoms with van der Waals surface area (Å²) in [6.45, 7) is 5.23. The number of aryl methyl sites for hydroxylation is 1. The molecule has 3 aromatic rings. The van der Waals surface area contributed by atoms with Crippen molar-refractivity contribution in [2.24, 2.45) is 0 Å². The molecule has 0 spiro atoms. The first-order chi connectivity index (χ1) is 13.8. The second kappa shape index (κ2) is 8.74. The molecule has 0 saturated heterocycles. The fourth-order valence-electron chi connectivity index (χ4n) is 2.78. The number of nitrogens with one attached hydrogen (secondary N) is 2. The lowest BCUT2D eigenvalue weighted by atomic mass is 10.2. The van der Waals surface area contributed by atoms with E-state index in [1.807, 2.05) is 31.2 Å². The molecule has 3 rings (SSSR count). The molecule has 29 heavy (non-hydrogen) atoms. The monoisotopic (exact) mass is 396 g/mol. The highest BCUT2D eigenvalue weighted by Crippen LogP contribution is 2.32. The van der Waals surface area contributed by atoms with E-state index in [1.165, 1.54) is 13.3 Å². The highest BCUT2D eigenvalue weighted by molar-refractivity contribution is 5.95. The average molecular weight is 396 g/mol. The molecule has 0 fully saturated rings. The van der Waals surface area contributed by atoms with Crippen molar-refractivity contribution >= 4 is 28.3 Å². The van der Waals surface area contributed by atoms with Gasteiger partial charge in [0, 0.05) is 5.69 Å². The number of amides is 1. The van der Waals surface area contributed by atoms with Crippen LogP contribution in [0.4, 0.5) is 11.5 Å². The van der Waals surface area contributed by atoms with E-state index in [0.717, 1.165) is 11.3 Å². The zero-order valence-corrected chi connectivity index (χ0v) is 16.5. The number of carbonyl (C=O) groups is 1. The van der Waals surface area contributed by atoms with Gasteiger partial charge < -0.3 is 25.6 Å². The van der Waals surface area contributed by atoms with E-state index in [-0.39, 0.29) is 18.4 Å². The maximum absolute atomic E-state index is 11.6. The minimum atomic E-state index is -1.08. The molecular formula is C21H24N4O4. The van der Waals surface area contributed by atoms with E-state index < -0.39 is 12.0 Å². The van der Waals surface area contributed by atoms with Crippen LogP contribution in [0, 0.1) is 6.92 Å². The molecule has 0 aliphatic heterocycles. The number of anilines is 2. The van der Waals surface area contributed by atoms with E-state index in [1.54, 1.807) is 19.1 Å². The Morgan fingerprint density at radius 3 is 2.72 bits per heavy atom. The first-order valence-electron chi connectivity index (χ1n) is 9.26. The molecular weight excluding hydrogens is 372 g/mol. The molecule has 0 aliphatic rings. The minimum absolute atomic E-state index is 0.213. The zero-order valence-electron chi connectivity index (χ0n) is 16.5. The lowest BCUT2D eigenvalue weighted by molar-refractivity contribution is -0.129. The van der Waals surface area contributed by atoms with Crippen molar-refractivity contribution in [2.45, 2.75) is 32.9 Å². The summed E-state index contributed by atoms with van der Waals surface area (Å²) in [6, 6.07) is 10.4. The second-order valence-electron chi connectivity index (χ2n) is 6.90. The van der Waals surface area contributed by atoms with Crippen molar-refractivity contribution in [3.05, 3.63) is 48.3 Å². The number of aliphatic hydroxyl groups is 1. The van der Waals surface area contributed by atoms with Gasteiger partial charge in [0.15, 0.2) is 0 Å². The van der Waals surface area contributed by atoms with E-state index in [2.05, 4.69) is 20.6 Å². The predicted molar refractivity (Wildman–Crippen MR) is 110 cm³/mol. The third kappa shape index (κ3) is 4.91. The molecule has 0 bridgehead atoms. The highest BCUT2D eigenvalue weighted by Gasteiger charge is 2.15. The Balaban J connectivity index is 1.85. The van der Waals surface area contributed by atoms with Crippen molar-refractivity contribution < 1.29 is 19.7 Å². The third-order valence-corrected chi connectivity index (χ3v) is 4.34. The van der Waals surface area contributed by atoms with Crippen LogP contribution in [0.2, 0.25) is 0 Å². The number of benzene rings is 2. The topological polar surface area (TPSA) is 117 Å². The molecule has 1 heterocycles. The van der Waals surface area contributed by atoms with Crippen LogP contribution in [-0.4, -0.2) is 44.8 Å². The fourth-order valence-corrected chi connectivity index (χ4v) is 2.78. The number of ether oxygens (including phenoxy) is 1. The number of rotatable bonds is 7. The van der Waals surface area contributed by atoms with Crippen LogP contribution in [-0.2, 0) is 4.79 Å². The molecule has 2 aromatic carbocycles. The maximum atomic E-state index is 11.6. The van der Waals surface area contributed by atoms with E-state index in [4.69, 9.17) is 4.74 Å². The number of hydrogen-bond donors (Lipinski definition) is 4. The Hall–Kier alpha value is -3.39. The molecule has 8 heteroatoms. The lowest BCUT2D eigenvalue weighted by Gasteiger charge is -2.18. The van der Waals surface area contributed by atoms with Gasteiger partial charge in [0.25, 0.3) is 0 Å². The number of carbonyl (C=O) groups excluding carboxylic acids is 1. The Bertz CT molecular complexity index is 1020. The van der Waals surface area contributed by atoms with Gasteiger partial charge in [0.1, 0.15) is 36.4 Å². The molecule has 2 atom stereocenters. The van der Waals surface area contributed by atoms with Gasteiger partial charge in [0.05, 0.1) is 16.9 Å². The standard InChI is InChI=1S/C21H24N4O4/c1-12-9-15(7-8-17(12)27)25-20-19-16(22-11-23-20)5-4-6-18(19)29-10-13(2)24-21(28)14(3)26/h4-9,11,13-14,26-27H,10H2,1-3H3,(H,24,28)(H,22,23,25). The Morgan fingerprint density at radius 2 is 2.00 bits per heavy atom. The number of aromatic nitrogens is 2. The van der Waals surface area contributed by atoms with Crippen molar-refractivity contribution in [1.82, 2.24) is 15.3 Å². The number of phenols is 1. The fraction of sp³-hybridized carbons (Fsp3) is 0.286. The van der Waals surface area contributed by atoms with Crippen LogP contribution in [0.3, 0.4) is 0 Å². The maximum Gasteiger partial charge on any atom is 0.248 e. The van der Waals surface area contributed by atoms with Crippen LogP contribution in [0.5, 0.6) is 11.5 Å². The number of aliphatic hydroxyl groups excluding tert-OH is 1. The van der Waals surface area contributed by atoms with Gasteiger partial charge >= 0.3 is 0 Å². The number of nitrogens with zero attached hydrogens (tertiary/aromatic N) is 2. The zero-order chi connectivity index (χ0) is 21.0. The first kappa shape index (κ1) is 20.3. The molecule has 2 unspecified atom stereocenters. The normalized spacial score (nSPS) is 13.0. The van der Waals surface area contributed by atoms with Crippen LogP contribution in [0.1, 0.15) is 19.4 Å². The predicted octanol–water partition coefficient (Wildman–Crippen LogP) is 2.65. The van der Waals surface area contributed by atoms with Crippen molar-refractivity contribution in [3.63, 3.8) is 0 Å². The van der Waals surface area contributed by atoms with Crippen molar-refractivity contribution in [1.29, 1.82) is 0 Å². The molecule has 0 saturated carbocycles. The summed E-state index contributed by atoms with van der Waals surface area (Å²) in [7, 11) is 0. The Labute approximate surface area is 168 Å². The van der Waals surface area contributed by atoms with Crippen LogP contribution in [0.15, 0.2) is 42.7 Å². The van der Waals surface area contributed by atoms with E-state index >= 15 is 0 Å². The first-order valence-corrected chi connectivity index (χ1v) is 9.26. The molecule has 1 amide bonds. The Morgan fingerprint density at radius 1 is 1.21 bits per heavy atom. The van der Waals surface area contributed by atoms with E-state index in [9.17, 15) is 15.0 Å². The summed E-state index contributed by atoms with van der Waals surface area (Å²) in [5, 5.41) is 25.7. The number of hydrogen-bond acceptors (Lipinski definition) is 7. The summed E-state index contributed by atoms with van der Waals surface area (Å²) in [5.41, 5.74) is 2.22. The molecule has 152 valence electrons. The lowest BCUT2D eigenvalue weighted by Crippen LogP contribution is -2.41. The van der Waals surface area contributed by atoms with Gasteiger partial charge in [-0.05, 0) is 56.7 Å². The SMILES string of the molecule is Cc1cc(Nc2ncnc3cccc(OCC(C)NC(=O)C(C)O)c23)ccc1O. The van der Waals surface area contributed by atoms with Gasteiger partial charge in [-0.25, -0.2) is 9.97 Å². The summed E-state index contributed by atoms with van der Waals surface area (Å²) in [6.07, 6.45) is 0.390. The van der Waals surface area contributed by atoms with Crippen LogP contribution in [0.25, 0.3) is 10.9 Å². The largest absolute Gasteiger partial charge is 0.508 e.